The van der Waals surface area contributed by atoms with Gasteiger partial charge < -0.3 is 15.0 Å². The summed E-state index contributed by atoms with van der Waals surface area (Å²) in [6.45, 7) is 2.11. The first-order chi connectivity index (χ1) is 13.3. The summed E-state index contributed by atoms with van der Waals surface area (Å²) in [6, 6.07) is 11.6. The molecule has 1 atom stereocenters. The second kappa shape index (κ2) is 7.85. The molecule has 1 saturated heterocycles. The molecule has 3 heterocycles. The predicted octanol–water partition coefficient (Wildman–Crippen LogP) is 3.00. The van der Waals surface area contributed by atoms with Crippen molar-refractivity contribution in [1.29, 1.82) is 0 Å². The van der Waals surface area contributed by atoms with Crippen molar-refractivity contribution in [3.05, 3.63) is 65.4 Å². The van der Waals surface area contributed by atoms with E-state index in [1.54, 1.807) is 25.7 Å². The number of amides is 1. The Morgan fingerprint density at radius 2 is 2.07 bits per heavy atom. The number of rotatable bonds is 4. The lowest BCUT2D eigenvalue weighted by Gasteiger charge is -2.36. The quantitative estimate of drug-likeness (QED) is 0.754. The van der Waals surface area contributed by atoms with Crippen LogP contribution in [0.3, 0.4) is 0 Å². The summed E-state index contributed by atoms with van der Waals surface area (Å²) < 4.78 is 5.51. The smallest absolute Gasteiger partial charge is 0.266 e. The highest BCUT2D eigenvalue weighted by molar-refractivity contribution is 7.16. The average Bonchev–Trinajstić information content (AvgIpc) is 3.24. The van der Waals surface area contributed by atoms with E-state index in [4.69, 9.17) is 4.74 Å². The van der Waals surface area contributed by atoms with Gasteiger partial charge in [-0.25, -0.2) is 4.98 Å². The topological polar surface area (TPSA) is 67.3 Å². The fourth-order valence-electron chi connectivity index (χ4n) is 3.31. The Labute approximate surface area is 161 Å². The van der Waals surface area contributed by atoms with Crippen molar-refractivity contribution in [3.8, 4) is 16.3 Å². The number of nitrogens with zero attached hydrogens (tertiary/aromatic N) is 3. The number of benzene rings is 1. The minimum Gasteiger partial charge on any atom is -0.496 e. The van der Waals surface area contributed by atoms with Gasteiger partial charge in [-0.15, -0.1) is 11.3 Å². The van der Waals surface area contributed by atoms with Gasteiger partial charge in [-0.1, -0.05) is 18.2 Å². The van der Waals surface area contributed by atoms with E-state index in [1.165, 1.54) is 11.3 Å². The van der Waals surface area contributed by atoms with Crippen LogP contribution in [0.25, 0.3) is 10.6 Å². The third-order valence-corrected chi connectivity index (χ3v) is 5.68. The molecule has 0 saturated carbocycles. The number of hydrogen-bond donors (Lipinski definition) is 1. The first-order valence-electron chi connectivity index (χ1n) is 8.79. The zero-order valence-corrected chi connectivity index (χ0v) is 15.8. The Morgan fingerprint density at radius 3 is 2.89 bits per heavy atom. The van der Waals surface area contributed by atoms with Crippen LogP contribution in [0, 0.1) is 0 Å². The van der Waals surface area contributed by atoms with E-state index in [-0.39, 0.29) is 11.9 Å². The number of methoxy groups -OCH3 is 1. The summed E-state index contributed by atoms with van der Waals surface area (Å²) in [4.78, 5) is 24.3. The molecule has 0 spiro atoms. The number of para-hydroxylation sites is 1. The second-order valence-corrected chi connectivity index (χ2v) is 7.26. The van der Waals surface area contributed by atoms with E-state index in [9.17, 15) is 4.79 Å². The molecular weight excluding hydrogens is 360 g/mol. The second-order valence-electron chi connectivity index (χ2n) is 6.23. The van der Waals surface area contributed by atoms with Gasteiger partial charge in [0, 0.05) is 43.2 Å². The van der Waals surface area contributed by atoms with Crippen molar-refractivity contribution >= 4 is 17.2 Å². The predicted molar refractivity (Wildman–Crippen MR) is 105 cm³/mol. The van der Waals surface area contributed by atoms with Gasteiger partial charge in [0.15, 0.2) is 0 Å². The molecule has 3 aromatic rings. The summed E-state index contributed by atoms with van der Waals surface area (Å²) in [7, 11) is 1.66. The number of carbonyl (C=O) groups excluding carboxylic acids is 1. The lowest BCUT2D eigenvalue weighted by Crippen LogP contribution is -2.48. The largest absolute Gasteiger partial charge is 0.496 e. The third-order valence-electron chi connectivity index (χ3n) is 4.65. The van der Waals surface area contributed by atoms with E-state index >= 15 is 0 Å². The first kappa shape index (κ1) is 17.6. The molecule has 0 radical (unpaired) electrons. The van der Waals surface area contributed by atoms with Gasteiger partial charge >= 0.3 is 0 Å². The molecule has 138 valence electrons. The zero-order chi connectivity index (χ0) is 18.6. The number of ether oxygens (including phenoxy) is 1. The molecule has 1 amide bonds. The van der Waals surface area contributed by atoms with Crippen molar-refractivity contribution in [3.63, 3.8) is 0 Å². The summed E-state index contributed by atoms with van der Waals surface area (Å²) in [5.41, 5.74) is 1.98. The standard InChI is InChI=1S/C20H20N4O2S/c1-26-17-5-3-2-4-15(17)16-12-22-10-11-24(16)20(25)18-13-23-19(27-18)14-6-8-21-9-7-14/h2-9,13,16,22H,10-12H2,1H3. The number of thiazole rings is 1. The molecule has 1 N–H and O–H groups in total. The van der Waals surface area contributed by atoms with Crippen LogP contribution in [-0.2, 0) is 0 Å². The molecule has 27 heavy (non-hydrogen) atoms. The maximum Gasteiger partial charge on any atom is 0.266 e. The number of hydrogen-bond acceptors (Lipinski definition) is 6. The Morgan fingerprint density at radius 1 is 1.26 bits per heavy atom. The van der Waals surface area contributed by atoms with Crippen LogP contribution in [0.2, 0.25) is 0 Å². The highest BCUT2D eigenvalue weighted by atomic mass is 32.1. The molecule has 6 nitrogen and oxygen atoms in total. The summed E-state index contributed by atoms with van der Waals surface area (Å²) >= 11 is 1.41. The fourth-order valence-corrected chi connectivity index (χ4v) is 4.19. The van der Waals surface area contributed by atoms with Crippen molar-refractivity contribution in [1.82, 2.24) is 20.2 Å². The number of piperazine rings is 1. The van der Waals surface area contributed by atoms with Crippen LogP contribution in [0.4, 0.5) is 0 Å². The fraction of sp³-hybridized carbons (Fsp3) is 0.250. The number of pyridine rings is 1. The van der Waals surface area contributed by atoms with E-state index in [0.29, 0.717) is 18.0 Å². The molecule has 1 aromatic carbocycles. The molecule has 7 heteroatoms. The first-order valence-corrected chi connectivity index (χ1v) is 9.60. The van der Waals surface area contributed by atoms with Crippen molar-refractivity contribution in [2.24, 2.45) is 0 Å². The highest BCUT2D eigenvalue weighted by Crippen LogP contribution is 2.33. The molecule has 1 fully saturated rings. The lowest BCUT2D eigenvalue weighted by molar-refractivity contribution is 0.0636. The molecule has 1 aliphatic heterocycles. The minimum absolute atomic E-state index is 0.00483. The van der Waals surface area contributed by atoms with Gasteiger partial charge in [-0.2, -0.15) is 0 Å². The molecule has 0 bridgehead atoms. The molecule has 1 unspecified atom stereocenters. The zero-order valence-electron chi connectivity index (χ0n) is 15.0. The van der Waals surface area contributed by atoms with Gasteiger partial charge in [-0.05, 0) is 18.2 Å². The monoisotopic (exact) mass is 380 g/mol. The Bertz CT molecular complexity index is 928. The van der Waals surface area contributed by atoms with Crippen LogP contribution >= 0.6 is 11.3 Å². The van der Waals surface area contributed by atoms with Crippen molar-refractivity contribution in [2.45, 2.75) is 6.04 Å². The van der Waals surface area contributed by atoms with Crippen molar-refractivity contribution < 1.29 is 9.53 Å². The number of aromatic nitrogens is 2. The van der Waals surface area contributed by atoms with Gasteiger partial charge in [-0.3, -0.25) is 9.78 Å². The number of nitrogens with one attached hydrogen (secondary N) is 1. The van der Waals surface area contributed by atoms with E-state index in [2.05, 4.69) is 15.3 Å². The maximum absolute atomic E-state index is 13.2. The molecule has 2 aromatic heterocycles. The van der Waals surface area contributed by atoms with Crippen molar-refractivity contribution in [2.75, 3.05) is 26.7 Å². The Balaban J connectivity index is 1.63. The molecule has 1 aliphatic rings. The van der Waals surface area contributed by atoms with Crippen LogP contribution in [0.1, 0.15) is 21.3 Å². The van der Waals surface area contributed by atoms with Gasteiger partial charge in [0.2, 0.25) is 0 Å². The summed E-state index contributed by atoms with van der Waals surface area (Å²) in [5.74, 6) is 0.802. The molecule has 4 rings (SSSR count). The molecule has 0 aliphatic carbocycles. The van der Waals surface area contributed by atoms with Crippen LogP contribution in [-0.4, -0.2) is 47.5 Å². The maximum atomic E-state index is 13.2. The Hall–Kier alpha value is -2.77. The van der Waals surface area contributed by atoms with E-state index in [1.807, 2.05) is 41.3 Å². The number of carbonyl (C=O) groups is 1. The SMILES string of the molecule is COc1ccccc1C1CNCCN1C(=O)c1cnc(-c2ccncc2)s1. The van der Waals surface area contributed by atoms with Gasteiger partial charge in [0.05, 0.1) is 19.3 Å². The Kier molecular flexibility index (Phi) is 5.13. The van der Waals surface area contributed by atoms with Crippen LogP contribution < -0.4 is 10.1 Å². The van der Waals surface area contributed by atoms with Crippen LogP contribution in [0.15, 0.2) is 55.0 Å². The van der Waals surface area contributed by atoms with E-state index < -0.39 is 0 Å². The van der Waals surface area contributed by atoms with Crippen LogP contribution in [0.5, 0.6) is 5.75 Å². The lowest BCUT2D eigenvalue weighted by atomic mass is 10.0. The summed E-state index contributed by atoms with van der Waals surface area (Å²) in [6.07, 6.45) is 5.13. The average molecular weight is 380 g/mol. The third kappa shape index (κ3) is 3.56. The molecular formula is C20H20N4O2S. The van der Waals surface area contributed by atoms with Gasteiger partial charge in [0.25, 0.3) is 5.91 Å². The minimum atomic E-state index is -0.0751. The normalized spacial score (nSPS) is 16.9. The van der Waals surface area contributed by atoms with Gasteiger partial charge in [0.1, 0.15) is 15.6 Å². The van der Waals surface area contributed by atoms with E-state index in [0.717, 1.165) is 28.4 Å². The highest BCUT2D eigenvalue weighted by Gasteiger charge is 2.31. The summed E-state index contributed by atoms with van der Waals surface area (Å²) in [5, 5.41) is 4.21.